The summed E-state index contributed by atoms with van der Waals surface area (Å²) in [7, 11) is 0.701. The van der Waals surface area contributed by atoms with Gasteiger partial charge in [0, 0.05) is 0 Å². The van der Waals surface area contributed by atoms with Gasteiger partial charge >= 0.3 is 20.4 Å². The summed E-state index contributed by atoms with van der Waals surface area (Å²) < 4.78 is 0. The van der Waals surface area contributed by atoms with E-state index < -0.39 is 0 Å². The second-order valence-corrected chi connectivity index (χ2v) is 17.2. The fraction of sp³-hybridized carbons (Fsp3) is 0.933. The Kier molecular flexibility index (Phi) is 18.5. The van der Waals surface area contributed by atoms with Crippen LogP contribution in [0.3, 0.4) is 0 Å². The van der Waals surface area contributed by atoms with Crippen molar-refractivity contribution in [3.05, 3.63) is 14.9 Å². The van der Waals surface area contributed by atoms with Gasteiger partial charge in [0.15, 0.2) is 0 Å². The van der Waals surface area contributed by atoms with E-state index in [-0.39, 0.29) is 35.3 Å². The van der Waals surface area contributed by atoms with Gasteiger partial charge in [-0.05, 0) is 99.2 Å². The molecule has 0 aliphatic heterocycles. The Morgan fingerprint density at radius 1 is 0.364 bits per heavy atom. The van der Waals surface area contributed by atoms with Crippen LogP contribution in [-0.2, 0) is 20.4 Å². The standard InChI is InChI=1S/C28H52P2.2CH3.Pd/c1-5-15-25(16-6-1)29(26-17-7-2-8-18-26)23-13-14-24-30(27-19-9-3-10-20-27)28-21-11-4-12-22-28;;;/h25-28H,1-24H2;2*1H3;/q;2*-1;+2. The first-order valence-electron chi connectivity index (χ1n) is 14.4. The molecule has 4 fully saturated rings. The van der Waals surface area contributed by atoms with Gasteiger partial charge in [0.05, 0.1) is 0 Å². The van der Waals surface area contributed by atoms with Crippen LogP contribution in [0.4, 0.5) is 0 Å². The quantitative estimate of drug-likeness (QED) is 0.109. The summed E-state index contributed by atoms with van der Waals surface area (Å²) in [6.07, 6.45) is 38.1. The van der Waals surface area contributed by atoms with Gasteiger partial charge in [-0.2, -0.15) is 0 Å². The van der Waals surface area contributed by atoms with Gasteiger partial charge in [0.25, 0.3) is 0 Å². The first kappa shape index (κ1) is 32.6. The van der Waals surface area contributed by atoms with Crippen molar-refractivity contribution in [3.63, 3.8) is 0 Å². The average molecular weight is 587 g/mol. The fourth-order valence-corrected chi connectivity index (χ4v) is 15.5. The SMILES string of the molecule is C1CCC(P(CCCCP(C2CCCCC2)C2CCCCC2)C2CCCCC2)CC1.[CH3-].[CH3-].[Pd+2]. The van der Waals surface area contributed by atoms with Gasteiger partial charge in [0.1, 0.15) is 0 Å². The van der Waals surface area contributed by atoms with E-state index in [0.29, 0.717) is 15.8 Å². The Morgan fingerprint density at radius 2 is 0.576 bits per heavy atom. The molecule has 0 bridgehead atoms. The van der Waals surface area contributed by atoms with Crippen LogP contribution in [0.2, 0.25) is 0 Å². The molecule has 4 saturated carbocycles. The van der Waals surface area contributed by atoms with E-state index in [9.17, 15) is 0 Å². The van der Waals surface area contributed by atoms with E-state index >= 15 is 0 Å². The molecule has 0 aromatic rings. The second kappa shape index (κ2) is 18.7. The van der Waals surface area contributed by atoms with Gasteiger partial charge in [0.2, 0.25) is 0 Å². The summed E-state index contributed by atoms with van der Waals surface area (Å²) in [5.41, 5.74) is 4.70. The minimum Gasteiger partial charge on any atom is -0.358 e. The second-order valence-electron chi connectivity index (χ2n) is 11.4. The molecule has 4 aliphatic carbocycles. The summed E-state index contributed by atoms with van der Waals surface area (Å²) in [5.74, 6) is 0. The van der Waals surface area contributed by atoms with E-state index in [1.807, 2.05) is 0 Å². The van der Waals surface area contributed by atoms with Crippen LogP contribution in [0.15, 0.2) is 0 Å². The molecule has 0 amide bonds. The van der Waals surface area contributed by atoms with Gasteiger partial charge in [-0.15, -0.1) is 15.8 Å². The van der Waals surface area contributed by atoms with Crippen molar-refractivity contribution in [3.8, 4) is 0 Å². The molecule has 0 radical (unpaired) electrons. The molecule has 0 nitrogen and oxygen atoms in total. The van der Waals surface area contributed by atoms with Crippen molar-refractivity contribution >= 4 is 15.8 Å². The molecule has 0 aromatic heterocycles. The predicted molar refractivity (Wildman–Crippen MR) is 153 cm³/mol. The van der Waals surface area contributed by atoms with Crippen molar-refractivity contribution in [1.29, 1.82) is 0 Å². The Morgan fingerprint density at radius 3 is 0.788 bits per heavy atom. The van der Waals surface area contributed by atoms with Crippen LogP contribution in [-0.4, -0.2) is 35.0 Å². The molecule has 4 rings (SSSR count). The molecule has 0 saturated heterocycles. The minimum absolute atomic E-state index is 0. The molecule has 0 spiro atoms. The minimum atomic E-state index is 0. The van der Waals surface area contributed by atoms with E-state index in [2.05, 4.69) is 0 Å². The zero-order valence-corrected chi connectivity index (χ0v) is 25.8. The van der Waals surface area contributed by atoms with Crippen molar-refractivity contribution in [1.82, 2.24) is 0 Å². The molecule has 4 aliphatic rings. The van der Waals surface area contributed by atoms with Crippen molar-refractivity contribution in [2.24, 2.45) is 0 Å². The van der Waals surface area contributed by atoms with Crippen LogP contribution in [0.5, 0.6) is 0 Å². The Hall–Kier alpha value is 1.52. The molecule has 3 heteroatoms. The largest absolute Gasteiger partial charge is 2.00 e. The molecular formula is C30H58P2Pd. The van der Waals surface area contributed by atoms with Crippen LogP contribution < -0.4 is 0 Å². The molecule has 33 heavy (non-hydrogen) atoms. The van der Waals surface area contributed by atoms with E-state index in [4.69, 9.17) is 0 Å². The Balaban J connectivity index is 0.00000181. The monoisotopic (exact) mass is 586 g/mol. The van der Waals surface area contributed by atoms with Crippen molar-refractivity contribution < 1.29 is 20.4 Å². The fourth-order valence-electron chi connectivity index (χ4n) is 7.57. The predicted octanol–water partition coefficient (Wildman–Crippen LogP) is 11.0. The van der Waals surface area contributed by atoms with Crippen molar-refractivity contribution in [2.75, 3.05) is 12.3 Å². The molecule has 198 valence electrons. The summed E-state index contributed by atoms with van der Waals surface area (Å²) in [6.45, 7) is 0. The van der Waals surface area contributed by atoms with Crippen LogP contribution >= 0.6 is 15.8 Å². The Bertz CT molecular complexity index is 368. The maximum absolute atomic E-state index is 1.67. The Labute approximate surface area is 226 Å². The van der Waals surface area contributed by atoms with E-state index in [1.165, 1.54) is 48.3 Å². The normalized spacial score (nSPS) is 24.2. The molecular weight excluding hydrogens is 529 g/mol. The van der Waals surface area contributed by atoms with Crippen LogP contribution in [0.25, 0.3) is 0 Å². The van der Waals surface area contributed by atoms with Gasteiger partial charge in [-0.1, -0.05) is 77.0 Å². The van der Waals surface area contributed by atoms with Crippen LogP contribution in [0, 0.1) is 14.9 Å². The smallest absolute Gasteiger partial charge is 0.358 e. The van der Waals surface area contributed by atoms with E-state index in [1.54, 1.807) is 128 Å². The number of hydrogen-bond donors (Lipinski definition) is 0. The number of rotatable bonds is 9. The van der Waals surface area contributed by atoms with Gasteiger partial charge in [-0.3, -0.25) is 0 Å². The van der Waals surface area contributed by atoms with Crippen molar-refractivity contribution in [2.45, 2.75) is 164 Å². The van der Waals surface area contributed by atoms with Gasteiger partial charge in [-0.25, -0.2) is 0 Å². The maximum atomic E-state index is 1.67. The first-order valence-corrected chi connectivity index (χ1v) is 17.8. The molecule has 0 atom stereocenters. The summed E-state index contributed by atoms with van der Waals surface area (Å²) in [6, 6.07) is 0. The maximum Gasteiger partial charge on any atom is 2.00 e. The summed E-state index contributed by atoms with van der Waals surface area (Å²) in [5, 5.41) is 0. The molecule has 0 heterocycles. The summed E-state index contributed by atoms with van der Waals surface area (Å²) >= 11 is 0. The topological polar surface area (TPSA) is 0 Å². The van der Waals surface area contributed by atoms with Gasteiger partial charge < -0.3 is 14.9 Å². The third-order valence-electron chi connectivity index (χ3n) is 9.26. The first-order chi connectivity index (χ1) is 14.9. The zero-order valence-electron chi connectivity index (χ0n) is 22.5. The molecule has 0 aromatic carbocycles. The molecule has 0 unspecified atom stereocenters. The van der Waals surface area contributed by atoms with E-state index in [0.717, 1.165) is 0 Å². The van der Waals surface area contributed by atoms with Crippen LogP contribution in [0.1, 0.15) is 141 Å². The zero-order chi connectivity index (χ0) is 20.4. The number of unbranched alkanes of at least 4 members (excludes halogenated alkanes) is 1. The average Bonchev–Trinajstić information content (AvgIpc) is 2.84. The summed E-state index contributed by atoms with van der Waals surface area (Å²) in [4.78, 5) is 0. The molecule has 0 N–H and O–H groups in total. The third-order valence-corrected chi connectivity index (χ3v) is 16.7. The number of hydrogen-bond acceptors (Lipinski definition) is 0. The third kappa shape index (κ3) is 10.4.